The summed E-state index contributed by atoms with van der Waals surface area (Å²) in [6, 6.07) is 6.08. The molecule has 1 atom stereocenters. The minimum atomic E-state index is 0.336. The molecule has 0 N–H and O–H groups in total. The first-order valence-electron chi connectivity index (χ1n) is 9.78. The minimum absolute atomic E-state index is 0.336. The Bertz CT molecular complexity index is 984. The zero-order chi connectivity index (χ0) is 20.4. The van der Waals surface area contributed by atoms with Crippen LogP contribution in [0.5, 0.6) is 11.5 Å². The highest BCUT2D eigenvalue weighted by Crippen LogP contribution is 2.36. The Morgan fingerprint density at radius 2 is 1.97 bits per heavy atom. The Morgan fingerprint density at radius 3 is 2.69 bits per heavy atom. The predicted molar refractivity (Wildman–Crippen MR) is 112 cm³/mol. The Morgan fingerprint density at radius 1 is 1.17 bits per heavy atom. The number of aromatic nitrogens is 3. The van der Waals surface area contributed by atoms with Crippen molar-refractivity contribution in [1.29, 1.82) is 0 Å². The molecule has 29 heavy (non-hydrogen) atoms. The molecule has 0 unspecified atom stereocenters. The molecule has 0 bridgehead atoms. The molecule has 4 rings (SSSR count). The highest BCUT2D eigenvalue weighted by molar-refractivity contribution is 7.09. The van der Waals surface area contributed by atoms with Crippen molar-refractivity contribution in [2.45, 2.75) is 39.2 Å². The summed E-state index contributed by atoms with van der Waals surface area (Å²) >= 11 is 1.38. The highest BCUT2D eigenvalue weighted by atomic mass is 32.1. The lowest BCUT2D eigenvalue weighted by atomic mass is 9.93. The molecule has 1 aromatic carbocycles. The summed E-state index contributed by atoms with van der Waals surface area (Å²) < 4.78 is 20.6. The van der Waals surface area contributed by atoms with Crippen LogP contribution in [0.15, 0.2) is 22.7 Å². The van der Waals surface area contributed by atoms with Crippen LogP contribution >= 0.6 is 11.5 Å². The fourth-order valence-electron chi connectivity index (χ4n) is 3.96. The van der Waals surface area contributed by atoms with Gasteiger partial charge >= 0.3 is 0 Å². The molecule has 7 nitrogen and oxygen atoms in total. The smallest absolute Gasteiger partial charge is 0.180 e. The molecule has 1 aliphatic rings. The number of piperidine rings is 1. The lowest BCUT2D eigenvalue weighted by Crippen LogP contribution is -2.34. The van der Waals surface area contributed by atoms with E-state index in [2.05, 4.69) is 32.6 Å². The molecule has 0 radical (unpaired) electrons. The monoisotopic (exact) mass is 414 g/mol. The Balaban J connectivity index is 1.52. The van der Waals surface area contributed by atoms with E-state index in [1.807, 2.05) is 19.1 Å². The van der Waals surface area contributed by atoms with Crippen LogP contribution in [0.1, 0.15) is 41.3 Å². The first-order valence-corrected chi connectivity index (χ1v) is 10.6. The maximum absolute atomic E-state index is 5.49. The Kier molecular flexibility index (Phi) is 5.82. The van der Waals surface area contributed by atoms with Crippen LogP contribution in [0.2, 0.25) is 0 Å². The van der Waals surface area contributed by atoms with Crippen molar-refractivity contribution in [3.05, 3.63) is 40.7 Å². The van der Waals surface area contributed by atoms with Crippen LogP contribution in [0, 0.1) is 13.8 Å². The second kappa shape index (κ2) is 8.51. The molecule has 154 valence electrons. The van der Waals surface area contributed by atoms with Gasteiger partial charge in [0.15, 0.2) is 17.3 Å². The minimum Gasteiger partial charge on any atom is -0.493 e. The first-order chi connectivity index (χ1) is 14.1. The summed E-state index contributed by atoms with van der Waals surface area (Å²) in [6.45, 7) is 6.93. The van der Waals surface area contributed by atoms with E-state index in [0.29, 0.717) is 5.92 Å². The Hall–Kier alpha value is -2.45. The first kappa shape index (κ1) is 19.8. The number of aryl methyl sites for hydroxylation is 2. The maximum atomic E-state index is 5.49. The summed E-state index contributed by atoms with van der Waals surface area (Å²) in [4.78, 5) is 3.48. The van der Waals surface area contributed by atoms with Crippen molar-refractivity contribution in [2.75, 3.05) is 27.3 Å². The van der Waals surface area contributed by atoms with E-state index in [1.54, 1.807) is 14.2 Å². The van der Waals surface area contributed by atoms with Gasteiger partial charge in [-0.1, -0.05) is 9.64 Å². The van der Waals surface area contributed by atoms with Gasteiger partial charge in [0.2, 0.25) is 0 Å². The van der Waals surface area contributed by atoms with Crippen LogP contribution in [0.25, 0.3) is 10.6 Å². The third-order valence-corrected chi connectivity index (χ3v) is 6.25. The van der Waals surface area contributed by atoms with E-state index in [1.165, 1.54) is 22.7 Å². The van der Waals surface area contributed by atoms with Gasteiger partial charge < -0.3 is 14.0 Å². The van der Waals surface area contributed by atoms with Gasteiger partial charge in [-0.3, -0.25) is 4.90 Å². The summed E-state index contributed by atoms with van der Waals surface area (Å²) in [5.74, 6) is 2.64. The van der Waals surface area contributed by atoms with Gasteiger partial charge in [-0.05, 0) is 68.0 Å². The molecule has 3 heterocycles. The quantitative estimate of drug-likeness (QED) is 0.598. The lowest BCUT2D eigenvalue weighted by Gasteiger charge is -2.32. The van der Waals surface area contributed by atoms with E-state index in [4.69, 9.17) is 14.0 Å². The van der Waals surface area contributed by atoms with Crippen molar-refractivity contribution in [3.63, 3.8) is 0 Å². The van der Waals surface area contributed by atoms with Crippen molar-refractivity contribution < 1.29 is 14.0 Å². The van der Waals surface area contributed by atoms with Gasteiger partial charge in [0.1, 0.15) is 4.88 Å². The molecule has 1 fully saturated rings. The molecule has 1 saturated heterocycles. The average molecular weight is 415 g/mol. The van der Waals surface area contributed by atoms with Gasteiger partial charge in [0.05, 0.1) is 25.6 Å². The zero-order valence-electron chi connectivity index (χ0n) is 17.3. The number of hydrogen-bond donors (Lipinski definition) is 0. The topological polar surface area (TPSA) is 73.5 Å². The number of benzene rings is 1. The maximum Gasteiger partial charge on any atom is 0.180 e. The van der Waals surface area contributed by atoms with E-state index >= 15 is 0 Å². The van der Waals surface area contributed by atoms with E-state index < -0.39 is 0 Å². The largest absolute Gasteiger partial charge is 0.493 e. The normalized spacial score (nSPS) is 17.4. The number of likely N-dealkylation sites (tertiary alicyclic amines) is 1. The summed E-state index contributed by atoms with van der Waals surface area (Å²) in [5.41, 5.74) is 4.36. The van der Waals surface area contributed by atoms with Gasteiger partial charge in [0.25, 0.3) is 0 Å². The number of hydrogen-bond acceptors (Lipinski definition) is 8. The van der Waals surface area contributed by atoms with E-state index in [9.17, 15) is 0 Å². The van der Waals surface area contributed by atoms with Crippen molar-refractivity contribution in [2.24, 2.45) is 0 Å². The second-order valence-electron chi connectivity index (χ2n) is 7.53. The number of ether oxygens (including phenoxy) is 2. The molecule has 0 aliphatic carbocycles. The van der Waals surface area contributed by atoms with Crippen LogP contribution in [0.4, 0.5) is 0 Å². The average Bonchev–Trinajstić information content (AvgIpc) is 3.38. The fraction of sp³-hybridized carbons (Fsp3) is 0.476. The molecular formula is C21H26N4O3S. The van der Waals surface area contributed by atoms with Crippen molar-refractivity contribution >= 4 is 11.5 Å². The summed E-state index contributed by atoms with van der Waals surface area (Å²) in [5, 5.41) is 8.47. The second-order valence-corrected chi connectivity index (χ2v) is 8.28. The van der Waals surface area contributed by atoms with E-state index in [-0.39, 0.29) is 0 Å². The van der Waals surface area contributed by atoms with Gasteiger partial charge in [-0.25, -0.2) is 0 Å². The molecule has 0 spiro atoms. The standard InChI is InChI=1S/C21H26N4O3S/c1-13-8-17(26-3)18(27-4)10-16(13)12-25-7-5-6-15(11-25)20-21(29-24-22-20)19-9-14(2)23-28-19/h8-10,15H,5-7,11-12H2,1-4H3/t15-/m0/s1. The lowest BCUT2D eigenvalue weighted by molar-refractivity contribution is 0.198. The molecule has 1 aliphatic heterocycles. The van der Waals surface area contributed by atoms with E-state index in [0.717, 1.165) is 66.0 Å². The molecule has 3 aromatic rings. The van der Waals surface area contributed by atoms with Crippen molar-refractivity contribution in [3.8, 4) is 22.1 Å². The molecular weight excluding hydrogens is 388 g/mol. The van der Waals surface area contributed by atoms with Crippen LogP contribution < -0.4 is 9.47 Å². The molecule has 0 amide bonds. The SMILES string of the molecule is COc1cc(C)c(CN2CCC[C@H](c3nnsc3-c3cc(C)no3)C2)cc1OC. The number of methoxy groups -OCH3 is 2. The van der Waals surface area contributed by atoms with Crippen LogP contribution in [-0.4, -0.2) is 47.0 Å². The number of rotatable bonds is 6. The van der Waals surface area contributed by atoms with Crippen molar-refractivity contribution in [1.82, 2.24) is 19.6 Å². The summed E-state index contributed by atoms with van der Waals surface area (Å²) in [7, 11) is 3.34. The zero-order valence-corrected chi connectivity index (χ0v) is 18.1. The Labute approximate surface area is 174 Å². The van der Waals surface area contributed by atoms with Crippen LogP contribution in [-0.2, 0) is 6.54 Å². The van der Waals surface area contributed by atoms with Gasteiger partial charge in [-0.2, -0.15) is 0 Å². The summed E-state index contributed by atoms with van der Waals surface area (Å²) in [6.07, 6.45) is 2.23. The van der Waals surface area contributed by atoms with Gasteiger partial charge in [-0.15, -0.1) is 5.10 Å². The molecule has 8 heteroatoms. The molecule has 0 saturated carbocycles. The predicted octanol–water partition coefficient (Wildman–Crippen LogP) is 4.21. The van der Waals surface area contributed by atoms with Crippen LogP contribution in [0.3, 0.4) is 0 Å². The fourth-order valence-corrected chi connectivity index (χ4v) is 4.66. The van der Waals surface area contributed by atoms with Gasteiger partial charge in [0, 0.05) is 25.1 Å². The third kappa shape index (κ3) is 4.13. The number of nitrogens with zero attached hydrogens (tertiary/aromatic N) is 4. The third-order valence-electron chi connectivity index (χ3n) is 5.49. The molecule has 2 aromatic heterocycles. The highest BCUT2D eigenvalue weighted by Gasteiger charge is 2.28.